The molecule has 0 saturated heterocycles. The Labute approximate surface area is 200 Å². The van der Waals surface area contributed by atoms with Crippen LogP contribution in [0.2, 0.25) is 0 Å². The van der Waals surface area contributed by atoms with Crippen LogP contribution in [0.4, 0.5) is 16.0 Å². The van der Waals surface area contributed by atoms with Crippen LogP contribution in [-0.4, -0.2) is 54.6 Å². The third-order valence-corrected chi connectivity index (χ3v) is 6.79. The SMILES string of the molecule is Cc1c(-c2cc3cc(Nc4cc5n(n4)CCN(C)CC5)ncc3cc2F)cnc2c(=O)n(C)[nH]c12. The van der Waals surface area contributed by atoms with Crippen molar-refractivity contribution >= 4 is 33.4 Å². The number of nitrogens with zero attached hydrogens (tertiary/aromatic N) is 6. The van der Waals surface area contributed by atoms with Gasteiger partial charge in [0.2, 0.25) is 0 Å². The van der Waals surface area contributed by atoms with Gasteiger partial charge < -0.3 is 10.2 Å². The maximum Gasteiger partial charge on any atom is 0.292 e. The highest BCUT2D eigenvalue weighted by atomic mass is 19.1. The number of rotatable bonds is 3. The molecule has 5 aromatic rings. The summed E-state index contributed by atoms with van der Waals surface area (Å²) in [5, 5.41) is 12.5. The zero-order valence-electron chi connectivity index (χ0n) is 19.8. The monoisotopic (exact) mass is 472 g/mol. The van der Waals surface area contributed by atoms with E-state index in [0.717, 1.165) is 42.8 Å². The fraction of sp³-hybridized carbons (Fsp3) is 0.280. The summed E-state index contributed by atoms with van der Waals surface area (Å²) in [7, 11) is 3.76. The van der Waals surface area contributed by atoms with Crippen molar-refractivity contribution in [2.75, 3.05) is 25.5 Å². The first-order valence-electron chi connectivity index (χ1n) is 11.5. The molecule has 35 heavy (non-hydrogen) atoms. The number of nitrogens with one attached hydrogen (secondary N) is 2. The molecule has 0 fully saturated rings. The van der Waals surface area contributed by atoms with Crippen LogP contribution >= 0.6 is 0 Å². The van der Waals surface area contributed by atoms with Crippen LogP contribution < -0.4 is 10.9 Å². The third-order valence-electron chi connectivity index (χ3n) is 6.79. The van der Waals surface area contributed by atoms with Crippen LogP contribution in [0.25, 0.3) is 32.9 Å². The number of benzene rings is 1. The second kappa shape index (κ2) is 8.02. The third kappa shape index (κ3) is 3.66. The second-order valence-electron chi connectivity index (χ2n) is 9.17. The number of anilines is 2. The lowest BCUT2D eigenvalue weighted by atomic mass is 9.98. The largest absolute Gasteiger partial charge is 0.323 e. The van der Waals surface area contributed by atoms with Crippen LogP contribution in [0.1, 0.15) is 11.3 Å². The number of hydrogen-bond donors (Lipinski definition) is 2. The normalized spacial score (nSPS) is 14.4. The van der Waals surface area contributed by atoms with E-state index in [2.05, 4.69) is 43.5 Å². The average molecular weight is 473 g/mol. The van der Waals surface area contributed by atoms with Crippen LogP contribution in [-0.2, 0) is 20.0 Å². The maximum atomic E-state index is 15.1. The summed E-state index contributed by atoms with van der Waals surface area (Å²) in [6.45, 7) is 4.68. The summed E-state index contributed by atoms with van der Waals surface area (Å²) in [6.07, 6.45) is 4.17. The van der Waals surface area contributed by atoms with Crippen molar-refractivity contribution in [3.05, 3.63) is 64.1 Å². The van der Waals surface area contributed by atoms with Crippen molar-refractivity contribution in [3.8, 4) is 11.1 Å². The average Bonchev–Trinajstić information content (AvgIpc) is 3.30. The highest BCUT2D eigenvalue weighted by molar-refractivity contribution is 5.92. The number of aromatic amines is 1. The Hall–Kier alpha value is -4.05. The van der Waals surface area contributed by atoms with Gasteiger partial charge in [-0.15, -0.1) is 0 Å². The van der Waals surface area contributed by atoms with E-state index in [1.54, 1.807) is 25.5 Å². The van der Waals surface area contributed by atoms with Crippen LogP contribution in [0.3, 0.4) is 0 Å². The highest BCUT2D eigenvalue weighted by Crippen LogP contribution is 2.32. The van der Waals surface area contributed by atoms with Gasteiger partial charge in [-0.2, -0.15) is 5.10 Å². The van der Waals surface area contributed by atoms with Crippen LogP contribution in [0, 0.1) is 12.7 Å². The molecule has 1 aliphatic rings. The lowest BCUT2D eigenvalue weighted by Gasteiger charge is -2.11. The lowest BCUT2D eigenvalue weighted by Crippen LogP contribution is -2.21. The van der Waals surface area contributed by atoms with Gasteiger partial charge in [0.15, 0.2) is 11.3 Å². The number of pyridine rings is 2. The Morgan fingerprint density at radius 2 is 1.83 bits per heavy atom. The highest BCUT2D eigenvalue weighted by Gasteiger charge is 2.17. The van der Waals surface area contributed by atoms with Gasteiger partial charge >= 0.3 is 0 Å². The van der Waals surface area contributed by atoms with Crippen molar-refractivity contribution in [2.45, 2.75) is 19.9 Å². The molecule has 0 bridgehead atoms. The molecule has 1 aliphatic heterocycles. The van der Waals surface area contributed by atoms with E-state index in [4.69, 9.17) is 0 Å². The van der Waals surface area contributed by atoms with Gasteiger partial charge in [-0.05, 0) is 43.1 Å². The van der Waals surface area contributed by atoms with Crippen molar-refractivity contribution in [3.63, 3.8) is 0 Å². The molecule has 1 aromatic carbocycles. The van der Waals surface area contributed by atoms with E-state index in [1.807, 2.05) is 17.7 Å². The quantitative estimate of drug-likeness (QED) is 0.418. The Morgan fingerprint density at radius 3 is 2.69 bits per heavy atom. The Balaban J connectivity index is 1.37. The molecule has 0 saturated carbocycles. The van der Waals surface area contributed by atoms with E-state index in [1.165, 1.54) is 16.4 Å². The minimum atomic E-state index is -0.370. The van der Waals surface area contributed by atoms with E-state index < -0.39 is 0 Å². The Kier molecular flexibility index (Phi) is 4.92. The molecule has 0 aliphatic carbocycles. The molecular formula is C25H25FN8O. The molecule has 6 rings (SSSR count). The van der Waals surface area contributed by atoms with Gasteiger partial charge in [-0.1, -0.05) is 0 Å². The predicted octanol–water partition coefficient (Wildman–Crippen LogP) is 3.35. The summed E-state index contributed by atoms with van der Waals surface area (Å²) >= 11 is 0. The zero-order chi connectivity index (χ0) is 24.3. The van der Waals surface area contributed by atoms with Gasteiger partial charge in [-0.25, -0.2) is 14.4 Å². The summed E-state index contributed by atoms with van der Waals surface area (Å²) in [4.78, 5) is 23.3. The minimum absolute atomic E-state index is 0.209. The van der Waals surface area contributed by atoms with Crippen molar-refractivity contribution in [1.82, 2.24) is 34.4 Å². The number of aromatic nitrogens is 6. The first-order chi connectivity index (χ1) is 16.9. The number of H-pyrrole nitrogens is 1. The van der Waals surface area contributed by atoms with Crippen molar-refractivity contribution < 1.29 is 4.39 Å². The molecule has 0 spiro atoms. The molecule has 0 amide bonds. The number of likely N-dealkylation sites (N-methyl/N-ethyl adjacent to an activating group) is 1. The lowest BCUT2D eigenvalue weighted by molar-refractivity contribution is 0.337. The fourth-order valence-corrected chi connectivity index (χ4v) is 4.72. The van der Waals surface area contributed by atoms with Gasteiger partial charge in [0.05, 0.1) is 12.1 Å². The van der Waals surface area contributed by atoms with Crippen molar-refractivity contribution in [2.24, 2.45) is 7.05 Å². The second-order valence-corrected chi connectivity index (χ2v) is 9.17. The molecule has 0 atom stereocenters. The molecule has 0 unspecified atom stereocenters. The molecule has 2 N–H and O–H groups in total. The zero-order valence-corrected chi connectivity index (χ0v) is 19.8. The van der Waals surface area contributed by atoms with Crippen molar-refractivity contribution in [1.29, 1.82) is 0 Å². The Bertz CT molecular complexity index is 1640. The molecule has 10 heteroatoms. The number of hydrogen-bond acceptors (Lipinski definition) is 6. The maximum absolute atomic E-state index is 15.1. The smallest absolute Gasteiger partial charge is 0.292 e. The Morgan fingerprint density at radius 1 is 0.971 bits per heavy atom. The number of halogens is 1. The summed E-state index contributed by atoms with van der Waals surface area (Å²) in [5.41, 5.74) is 3.76. The van der Waals surface area contributed by atoms with Gasteiger partial charge in [-0.3, -0.25) is 19.3 Å². The summed E-state index contributed by atoms with van der Waals surface area (Å²) < 4.78 is 18.6. The standard InChI is InChI=1S/C25H25FN8O/c1-14-19(13-28-24-23(14)31-33(3)25(24)35)18-8-15-10-21(27-12-16(15)9-20(18)26)29-22-11-17-4-5-32(2)6-7-34(17)30-22/h8-13,31H,4-7H2,1-3H3,(H,27,29,30). The van der Waals surface area contributed by atoms with Crippen LogP contribution in [0.15, 0.2) is 41.5 Å². The first kappa shape index (κ1) is 21.5. The summed E-state index contributed by atoms with van der Waals surface area (Å²) in [6, 6.07) is 7.23. The van der Waals surface area contributed by atoms with Crippen LogP contribution in [0.5, 0.6) is 0 Å². The van der Waals surface area contributed by atoms with E-state index in [9.17, 15) is 4.79 Å². The fourth-order valence-electron chi connectivity index (χ4n) is 4.72. The molecule has 5 heterocycles. The van der Waals surface area contributed by atoms with E-state index in [0.29, 0.717) is 33.4 Å². The predicted molar refractivity (Wildman–Crippen MR) is 133 cm³/mol. The van der Waals surface area contributed by atoms with E-state index in [-0.39, 0.29) is 11.4 Å². The number of aryl methyl sites for hydroxylation is 2. The topological polar surface area (TPSA) is 96.7 Å². The minimum Gasteiger partial charge on any atom is -0.323 e. The molecule has 0 radical (unpaired) electrons. The van der Waals surface area contributed by atoms with Gasteiger partial charge in [0.25, 0.3) is 5.56 Å². The molecule has 178 valence electrons. The molecular weight excluding hydrogens is 447 g/mol. The van der Waals surface area contributed by atoms with E-state index >= 15 is 4.39 Å². The summed E-state index contributed by atoms with van der Waals surface area (Å²) in [5.74, 6) is 1.01. The molecule has 9 nitrogen and oxygen atoms in total. The van der Waals surface area contributed by atoms with Gasteiger partial charge in [0.1, 0.15) is 11.6 Å². The van der Waals surface area contributed by atoms with Gasteiger partial charge in [0, 0.05) is 67.2 Å². The first-order valence-corrected chi connectivity index (χ1v) is 11.5. The number of fused-ring (bicyclic) bond motifs is 3. The molecule has 4 aromatic heterocycles.